The molecule has 0 fully saturated rings. The number of thiocarbonyl (C=S) groups is 1. The normalized spacial score (nSPS) is 9.25. The fourth-order valence-electron chi connectivity index (χ4n) is 1.67. The quantitative estimate of drug-likeness (QED) is 0.490. The molecule has 20 heavy (non-hydrogen) atoms. The second kappa shape index (κ2) is 7.30. The van der Waals surface area contributed by atoms with Crippen molar-refractivity contribution in [3.05, 3.63) is 53.6 Å². The van der Waals surface area contributed by atoms with Gasteiger partial charge in [-0.2, -0.15) is 4.99 Å². The van der Waals surface area contributed by atoms with Crippen LogP contribution < -0.4 is 0 Å². The Kier molecular flexibility index (Phi) is 5.14. The van der Waals surface area contributed by atoms with Crippen molar-refractivity contribution in [2.75, 3.05) is 0 Å². The van der Waals surface area contributed by atoms with Gasteiger partial charge in [-0.3, -0.25) is 0 Å². The van der Waals surface area contributed by atoms with Gasteiger partial charge in [-0.25, -0.2) is 9.97 Å². The summed E-state index contributed by atoms with van der Waals surface area (Å²) in [4.78, 5) is 12.0. The van der Waals surface area contributed by atoms with Crippen LogP contribution in [0.25, 0.3) is 0 Å². The summed E-state index contributed by atoms with van der Waals surface area (Å²) in [7, 11) is 0. The van der Waals surface area contributed by atoms with Crippen LogP contribution in [-0.4, -0.2) is 15.1 Å². The summed E-state index contributed by atoms with van der Waals surface area (Å²) in [5.74, 6) is 6.43. The van der Waals surface area contributed by atoms with Crippen molar-refractivity contribution in [1.29, 1.82) is 0 Å². The Bertz CT molecular complexity index is 672. The summed E-state index contributed by atoms with van der Waals surface area (Å²) in [5.41, 5.74) is 2.86. The number of benzene rings is 1. The summed E-state index contributed by atoms with van der Waals surface area (Å²) < 4.78 is 0. The molecule has 0 aliphatic rings. The highest BCUT2D eigenvalue weighted by Crippen LogP contribution is 2.07. The van der Waals surface area contributed by atoms with Crippen molar-refractivity contribution in [2.24, 2.45) is 4.99 Å². The van der Waals surface area contributed by atoms with E-state index in [1.807, 2.05) is 12.1 Å². The molecule has 2 rings (SSSR count). The predicted molar refractivity (Wildman–Crippen MR) is 83.1 cm³/mol. The Balaban J connectivity index is 2.11. The lowest BCUT2D eigenvalue weighted by atomic mass is 10.1. The van der Waals surface area contributed by atoms with Gasteiger partial charge in [-0.05, 0) is 42.3 Å². The third-order valence-electron chi connectivity index (χ3n) is 2.62. The van der Waals surface area contributed by atoms with Gasteiger partial charge in [-0.15, -0.1) is 0 Å². The average Bonchev–Trinajstić information content (AvgIpc) is 2.49. The maximum absolute atomic E-state index is 4.51. The molecule has 2 aromatic rings. The second-order valence-corrected chi connectivity index (χ2v) is 4.35. The van der Waals surface area contributed by atoms with Gasteiger partial charge in [0, 0.05) is 5.56 Å². The Labute approximate surface area is 123 Å². The first-order valence-corrected chi connectivity index (χ1v) is 6.73. The topological polar surface area (TPSA) is 38.1 Å². The number of aromatic nitrogens is 2. The van der Waals surface area contributed by atoms with Crippen LogP contribution in [0.15, 0.2) is 41.7 Å². The highest BCUT2D eigenvalue weighted by atomic mass is 32.1. The van der Waals surface area contributed by atoms with Gasteiger partial charge < -0.3 is 0 Å². The molecule has 98 valence electrons. The average molecular weight is 279 g/mol. The zero-order valence-corrected chi connectivity index (χ0v) is 11.9. The number of aryl methyl sites for hydroxylation is 1. The molecule has 0 saturated heterocycles. The molecular formula is C16H13N3S. The molecule has 4 heteroatoms. The van der Waals surface area contributed by atoms with E-state index in [1.54, 1.807) is 12.4 Å². The van der Waals surface area contributed by atoms with Crippen LogP contribution >= 0.6 is 12.2 Å². The van der Waals surface area contributed by atoms with E-state index in [0.717, 1.165) is 18.4 Å². The van der Waals surface area contributed by atoms with E-state index in [4.69, 9.17) is 0 Å². The smallest absolute Gasteiger partial charge is 0.205 e. The first-order valence-electron chi connectivity index (χ1n) is 6.32. The lowest BCUT2D eigenvalue weighted by Gasteiger charge is -1.97. The molecule has 0 amide bonds. The van der Waals surface area contributed by atoms with E-state index in [9.17, 15) is 0 Å². The van der Waals surface area contributed by atoms with Gasteiger partial charge in [-0.1, -0.05) is 31.4 Å². The minimum atomic E-state index is 0.464. The lowest BCUT2D eigenvalue weighted by molar-refractivity contribution is 0.922. The van der Waals surface area contributed by atoms with Gasteiger partial charge in [0.1, 0.15) is 5.69 Å². The molecule has 0 aliphatic carbocycles. The number of hydrogen-bond acceptors (Lipinski definition) is 4. The van der Waals surface area contributed by atoms with Gasteiger partial charge in [0.05, 0.1) is 17.6 Å². The predicted octanol–water partition coefficient (Wildman–Crippen LogP) is 3.56. The van der Waals surface area contributed by atoms with Gasteiger partial charge in [0.25, 0.3) is 0 Å². The molecule has 0 aliphatic heterocycles. The Morgan fingerprint density at radius 1 is 1.10 bits per heavy atom. The Hall–Kier alpha value is -2.34. The van der Waals surface area contributed by atoms with Crippen molar-refractivity contribution in [3.8, 4) is 11.8 Å². The summed E-state index contributed by atoms with van der Waals surface area (Å²) >= 11 is 4.51. The lowest BCUT2D eigenvalue weighted by Crippen LogP contribution is -1.87. The molecule has 1 aromatic heterocycles. The molecule has 0 radical (unpaired) electrons. The third kappa shape index (κ3) is 4.10. The molecule has 0 spiro atoms. The van der Waals surface area contributed by atoms with E-state index < -0.39 is 0 Å². The van der Waals surface area contributed by atoms with Crippen LogP contribution in [0, 0.1) is 11.8 Å². The standard InChI is InChI=1S/C16H13N3S/c1-2-3-13-4-6-14(7-5-13)8-9-16-17-10-15(11-18-16)19-12-20/h4-7,10-11H,2-3H2,1H3. The largest absolute Gasteiger partial charge is 0.227 e. The molecular weight excluding hydrogens is 266 g/mol. The number of aliphatic imine (C=N–C) groups is 1. The van der Waals surface area contributed by atoms with E-state index >= 15 is 0 Å². The molecule has 0 bridgehead atoms. The molecule has 0 saturated carbocycles. The highest BCUT2D eigenvalue weighted by molar-refractivity contribution is 7.78. The number of rotatable bonds is 3. The maximum atomic E-state index is 4.51. The Morgan fingerprint density at radius 3 is 2.40 bits per heavy atom. The van der Waals surface area contributed by atoms with Crippen LogP contribution in [0.1, 0.15) is 30.3 Å². The van der Waals surface area contributed by atoms with E-state index in [2.05, 4.69) is 63.2 Å². The minimum absolute atomic E-state index is 0.464. The summed E-state index contributed by atoms with van der Waals surface area (Å²) in [6, 6.07) is 8.24. The minimum Gasteiger partial charge on any atom is -0.227 e. The number of nitrogens with zero attached hydrogens (tertiary/aromatic N) is 3. The number of isothiocyanates is 1. The molecule has 1 heterocycles. The van der Waals surface area contributed by atoms with Crippen molar-refractivity contribution in [3.63, 3.8) is 0 Å². The molecule has 0 atom stereocenters. The molecule has 3 nitrogen and oxygen atoms in total. The van der Waals surface area contributed by atoms with E-state index in [1.165, 1.54) is 5.56 Å². The van der Waals surface area contributed by atoms with Crippen molar-refractivity contribution in [2.45, 2.75) is 19.8 Å². The monoisotopic (exact) mass is 279 g/mol. The van der Waals surface area contributed by atoms with Crippen LogP contribution in [0.5, 0.6) is 0 Å². The van der Waals surface area contributed by atoms with Crippen molar-refractivity contribution < 1.29 is 0 Å². The second-order valence-electron chi connectivity index (χ2n) is 4.16. The summed E-state index contributed by atoms with van der Waals surface area (Å²) in [6.07, 6.45) is 5.38. The third-order valence-corrected chi connectivity index (χ3v) is 2.72. The van der Waals surface area contributed by atoms with E-state index in [0.29, 0.717) is 11.5 Å². The fourth-order valence-corrected chi connectivity index (χ4v) is 1.77. The number of hydrogen-bond donors (Lipinski definition) is 0. The van der Waals surface area contributed by atoms with Gasteiger partial charge in [0.2, 0.25) is 5.82 Å². The zero-order chi connectivity index (χ0) is 14.2. The SMILES string of the molecule is CCCc1ccc(C#Cc2ncc(N=C=S)cn2)cc1. The van der Waals surface area contributed by atoms with Gasteiger partial charge in [0.15, 0.2) is 0 Å². The zero-order valence-electron chi connectivity index (χ0n) is 11.1. The van der Waals surface area contributed by atoms with Crippen LogP contribution in [0.3, 0.4) is 0 Å². The fraction of sp³-hybridized carbons (Fsp3) is 0.188. The molecule has 1 aromatic carbocycles. The first kappa shape index (κ1) is 14.1. The van der Waals surface area contributed by atoms with Crippen molar-refractivity contribution >= 4 is 23.1 Å². The highest BCUT2D eigenvalue weighted by Gasteiger charge is 1.93. The summed E-state index contributed by atoms with van der Waals surface area (Å²) in [6.45, 7) is 2.17. The maximum Gasteiger partial charge on any atom is 0.205 e. The molecule has 0 unspecified atom stereocenters. The summed E-state index contributed by atoms with van der Waals surface area (Å²) in [5, 5.41) is 2.27. The van der Waals surface area contributed by atoms with Crippen molar-refractivity contribution in [1.82, 2.24) is 9.97 Å². The Morgan fingerprint density at radius 2 is 1.80 bits per heavy atom. The van der Waals surface area contributed by atoms with Crippen LogP contribution in [-0.2, 0) is 6.42 Å². The van der Waals surface area contributed by atoms with E-state index in [-0.39, 0.29) is 0 Å². The molecule has 0 N–H and O–H groups in total. The van der Waals surface area contributed by atoms with Crippen LogP contribution in [0.2, 0.25) is 0 Å². The van der Waals surface area contributed by atoms with Gasteiger partial charge >= 0.3 is 0 Å². The van der Waals surface area contributed by atoms with Crippen LogP contribution in [0.4, 0.5) is 5.69 Å². The first-order chi connectivity index (χ1) is 9.81.